The molecule has 0 aliphatic carbocycles. The molecule has 1 aliphatic heterocycles. The molecule has 0 atom stereocenters. The van der Waals surface area contributed by atoms with Crippen LogP contribution in [0.2, 0.25) is 0 Å². The van der Waals surface area contributed by atoms with E-state index in [1.54, 1.807) is 56.0 Å². The molecule has 1 amide bonds. The van der Waals surface area contributed by atoms with E-state index in [4.69, 9.17) is 21.7 Å². The maximum Gasteiger partial charge on any atom is 0.267 e. The highest BCUT2D eigenvalue weighted by atomic mass is 32.2. The molecule has 0 spiro atoms. The van der Waals surface area contributed by atoms with Crippen LogP contribution in [0.4, 0.5) is 5.82 Å². The molecule has 0 unspecified atom stereocenters. The Hall–Kier alpha value is -4.16. The number of hydrogen-bond acceptors (Lipinski definition) is 9. The summed E-state index contributed by atoms with van der Waals surface area (Å²) in [5.41, 5.74) is 1.55. The lowest BCUT2D eigenvalue weighted by molar-refractivity contribution is -0.122. The van der Waals surface area contributed by atoms with Crippen molar-refractivity contribution in [2.24, 2.45) is 0 Å². The molecule has 10 nitrogen and oxygen atoms in total. The zero-order chi connectivity index (χ0) is 28.1. The minimum Gasteiger partial charge on any atom is -0.493 e. The SMILES string of the molecule is COc1ccc(CCN2C(=O)/C(=C/c3c(NCCCn4ccnc4)nc4ccccn4c3=O)SC2=S)cc1OC. The fourth-order valence-corrected chi connectivity index (χ4v) is 5.65. The summed E-state index contributed by atoms with van der Waals surface area (Å²) in [6, 6.07) is 11.0. The minimum atomic E-state index is -0.265. The van der Waals surface area contributed by atoms with Crippen LogP contribution in [0.15, 0.2) is 71.0 Å². The molecule has 5 rings (SSSR count). The molecule has 4 aromatic rings. The van der Waals surface area contributed by atoms with Gasteiger partial charge in [-0.1, -0.05) is 36.1 Å². The Kier molecular flexibility index (Phi) is 8.46. The number of ether oxygens (including phenoxy) is 2. The van der Waals surface area contributed by atoms with Crippen LogP contribution in [0.5, 0.6) is 11.5 Å². The van der Waals surface area contributed by atoms with Crippen LogP contribution in [0.3, 0.4) is 0 Å². The third kappa shape index (κ3) is 5.87. The summed E-state index contributed by atoms with van der Waals surface area (Å²) >= 11 is 6.73. The summed E-state index contributed by atoms with van der Waals surface area (Å²) in [5, 5.41) is 3.29. The zero-order valence-electron chi connectivity index (χ0n) is 22.1. The van der Waals surface area contributed by atoms with Crippen LogP contribution >= 0.6 is 24.0 Å². The van der Waals surface area contributed by atoms with E-state index in [2.05, 4.69) is 15.3 Å². The van der Waals surface area contributed by atoms with Gasteiger partial charge in [-0.2, -0.15) is 0 Å². The standard InChI is InChI=1S/C28H28N6O4S2/c1-37-21-8-7-19(16-22(21)38-2)9-14-34-27(36)23(40-28(34)39)17-20-25(30-10-5-12-32-15-11-29-18-32)31-24-6-3-4-13-33(24)26(20)35/h3-4,6-8,11,13,15-18,30H,5,9-10,12,14H2,1-2H3/b23-17-. The maximum atomic E-state index is 13.5. The van der Waals surface area contributed by atoms with E-state index in [0.29, 0.717) is 57.3 Å². The summed E-state index contributed by atoms with van der Waals surface area (Å²) < 4.78 is 14.6. The summed E-state index contributed by atoms with van der Waals surface area (Å²) in [7, 11) is 3.17. The molecule has 1 N–H and O–H groups in total. The van der Waals surface area contributed by atoms with Crippen LogP contribution in [-0.2, 0) is 17.8 Å². The molecular weight excluding hydrogens is 548 g/mol. The van der Waals surface area contributed by atoms with Gasteiger partial charge in [-0.05, 0) is 48.7 Å². The van der Waals surface area contributed by atoms with Gasteiger partial charge in [0, 0.05) is 38.2 Å². The van der Waals surface area contributed by atoms with Crippen molar-refractivity contribution >= 4 is 51.7 Å². The first-order chi connectivity index (χ1) is 19.5. The molecule has 0 bridgehead atoms. The molecule has 206 valence electrons. The van der Waals surface area contributed by atoms with Gasteiger partial charge >= 0.3 is 0 Å². The van der Waals surface area contributed by atoms with Crippen LogP contribution < -0.4 is 20.3 Å². The molecule has 12 heteroatoms. The number of aryl methyl sites for hydroxylation is 1. The first-order valence-electron chi connectivity index (χ1n) is 12.7. The molecule has 4 heterocycles. The lowest BCUT2D eigenvalue weighted by atomic mass is 10.1. The normalized spacial score (nSPS) is 14.3. The number of thioether (sulfide) groups is 1. The first-order valence-corrected chi connectivity index (χ1v) is 13.9. The lowest BCUT2D eigenvalue weighted by Gasteiger charge is -2.15. The summed E-state index contributed by atoms with van der Waals surface area (Å²) in [5.74, 6) is 1.46. The van der Waals surface area contributed by atoms with Crippen molar-refractivity contribution in [2.45, 2.75) is 19.4 Å². The predicted octanol–water partition coefficient (Wildman–Crippen LogP) is 3.85. The summed E-state index contributed by atoms with van der Waals surface area (Å²) in [4.78, 5) is 37.6. The van der Waals surface area contributed by atoms with Crippen molar-refractivity contribution in [3.05, 3.63) is 87.7 Å². The number of aromatic nitrogens is 4. The predicted molar refractivity (Wildman–Crippen MR) is 160 cm³/mol. The maximum absolute atomic E-state index is 13.5. The van der Waals surface area contributed by atoms with Gasteiger partial charge in [0.05, 0.1) is 31.0 Å². The topological polar surface area (TPSA) is 103 Å². The zero-order valence-corrected chi connectivity index (χ0v) is 23.7. The van der Waals surface area contributed by atoms with Crippen molar-refractivity contribution in [1.82, 2.24) is 23.8 Å². The number of imidazole rings is 1. The quantitative estimate of drug-likeness (QED) is 0.162. The Bertz CT molecular complexity index is 1630. The number of amides is 1. The third-order valence-electron chi connectivity index (χ3n) is 6.43. The van der Waals surface area contributed by atoms with E-state index >= 15 is 0 Å². The number of carbonyl (C=O) groups is 1. The lowest BCUT2D eigenvalue weighted by Crippen LogP contribution is -2.30. The Morgan fingerprint density at radius 1 is 1.07 bits per heavy atom. The largest absolute Gasteiger partial charge is 0.493 e. The van der Waals surface area contributed by atoms with Gasteiger partial charge in [0.15, 0.2) is 11.5 Å². The number of pyridine rings is 1. The van der Waals surface area contributed by atoms with Gasteiger partial charge in [-0.15, -0.1) is 0 Å². The number of anilines is 1. The van der Waals surface area contributed by atoms with Crippen LogP contribution in [0.1, 0.15) is 17.5 Å². The summed E-state index contributed by atoms with van der Waals surface area (Å²) in [6.07, 6.45) is 10.0. The average Bonchev–Trinajstić information content (AvgIpc) is 3.59. The number of nitrogens with one attached hydrogen (secondary N) is 1. The van der Waals surface area contributed by atoms with E-state index in [1.165, 1.54) is 16.2 Å². The van der Waals surface area contributed by atoms with Crippen molar-refractivity contribution in [3.8, 4) is 11.5 Å². The third-order valence-corrected chi connectivity index (χ3v) is 7.81. The fraction of sp³-hybridized carbons (Fsp3) is 0.250. The first kappa shape index (κ1) is 27.4. The molecule has 3 aromatic heterocycles. The number of benzene rings is 1. The Labute approximate surface area is 240 Å². The number of nitrogens with zero attached hydrogens (tertiary/aromatic N) is 5. The van der Waals surface area contributed by atoms with Gasteiger partial charge in [-0.3, -0.25) is 18.9 Å². The number of fused-ring (bicyclic) bond motifs is 1. The van der Waals surface area contributed by atoms with Crippen LogP contribution in [0, 0.1) is 0 Å². The number of hydrogen-bond donors (Lipinski definition) is 1. The molecule has 0 saturated carbocycles. The van der Waals surface area contributed by atoms with Gasteiger partial charge in [0.1, 0.15) is 15.8 Å². The van der Waals surface area contributed by atoms with Gasteiger partial charge < -0.3 is 19.4 Å². The molecule has 1 fully saturated rings. The Balaban J connectivity index is 1.36. The number of carbonyl (C=O) groups excluding carboxylic acids is 1. The second-order valence-electron chi connectivity index (χ2n) is 8.96. The Morgan fingerprint density at radius 2 is 1.93 bits per heavy atom. The van der Waals surface area contributed by atoms with Gasteiger partial charge in [0.25, 0.3) is 11.5 Å². The van der Waals surface area contributed by atoms with Crippen molar-refractivity contribution in [3.63, 3.8) is 0 Å². The Morgan fingerprint density at radius 3 is 2.70 bits per heavy atom. The van der Waals surface area contributed by atoms with E-state index in [-0.39, 0.29) is 11.5 Å². The number of rotatable bonds is 11. The fourth-order valence-electron chi connectivity index (χ4n) is 4.36. The molecule has 0 radical (unpaired) electrons. The van der Waals surface area contributed by atoms with Gasteiger partial charge in [0.2, 0.25) is 0 Å². The highest BCUT2D eigenvalue weighted by Crippen LogP contribution is 2.34. The number of methoxy groups -OCH3 is 2. The van der Waals surface area contributed by atoms with E-state index in [1.807, 2.05) is 35.0 Å². The average molecular weight is 577 g/mol. The van der Waals surface area contributed by atoms with E-state index in [9.17, 15) is 9.59 Å². The monoisotopic (exact) mass is 576 g/mol. The summed E-state index contributed by atoms with van der Waals surface area (Å²) in [6.45, 7) is 1.75. The minimum absolute atomic E-state index is 0.237. The molecule has 1 aliphatic rings. The van der Waals surface area contributed by atoms with E-state index < -0.39 is 0 Å². The van der Waals surface area contributed by atoms with Crippen LogP contribution in [0.25, 0.3) is 11.7 Å². The second-order valence-corrected chi connectivity index (χ2v) is 10.6. The number of thiocarbonyl (C=S) groups is 1. The van der Waals surface area contributed by atoms with Crippen molar-refractivity contribution < 1.29 is 14.3 Å². The van der Waals surface area contributed by atoms with Gasteiger partial charge in [-0.25, -0.2) is 9.97 Å². The second kappa shape index (κ2) is 12.3. The van der Waals surface area contributed by atoms with E-state index in [0.717, 1.165) is 18.5 Å². The van der Waals surface area contributed by atoms with Crippen LogP contribution in [-0.4, -0.2) is 61.4 Å². The molecular formula is C28H28N6O4S2. The smallest absolute Gasteiger partial charge is 0.267 e. The molecule has 40 heavy (non-hydrogen) atoms. The molecule has 1 aromatic carbocycles. The highest BCUT2D eigenvalue weighted by molar-refractivity contribution is 8.26. The van der Waals surface area contributed by atoms with Crippen molar-refractivity contribution in [2.75, 3.05) is 32.6 Å². The van der Waals surface area contributed by atoms with Crippen molar-refractivity contribution in [1.29, 1.82) is 0 Å². The molecule has 1 saturated heterocycles. The highest BCUT2D eigenvalue weighted by Gasteiger charge is 2.32.